The number of amides is 1. The van der Waals surface area contributed by atoms with E-state index in [0.29, 0.717) is 17.9 Å². The third-order valence-electron chi connectivity index (χ3n) is 7.30. The Morgan fingerprint density at radius 1 is 1.07 bits per heavy atom. The number of hydrogen-bond donors (Lipinski definition) is 1. The van der Waals surface area contributed by atoms with Crippen molar-refractivity contribution in [2.45, 2.75) is 56.5 Å². The Labute approximate surface area is 187 Å². The van der Waals surface area contributed by atoms with Gasteiger partial charge in [-0.2, -0.15) is 0 Å². The van der Waals surface area contributed by atoms with Crippen LogP contribution < -0.4 is 5.32 Å². The van der Waals surface area contributed by atoms with Gasteiger partial charge in [0.15, 0.2) is 0 Å². The van der Waals surface area contributed by atoms with Crippen molar-refractivity contribution in [1.82, 2.24) is 4.90 Å². The number of fused-ring (bicyclic) bond motifs is 3. The Hall–Kier alpha value is -2.07. The molecule has 4 heteroatoms. The molecule has 0 aromatic heterocycles. The highest BCUT2D eigenvalue weighted by atomic mass is 79.9. The molecule has 0 saturated heterocycles. The van der Waals surface area contributed by atoms with Crippen molar-refractivity contribution in [3.8, 4) is 0 Å². The molecule has 3 nitrogen and oxygen atoms in total. The van der Waals surface area contributed by atoms with Gasteiger partial charge in [-0.15, -0.1) is 0 Å². The van der Waals surface area contributed by atoms with Crippen LogP contribution in [0.4, 0.5) is 5.69 Å². The van der Waals surface area contributed by atoms with E-state index in [4.69, 9.17) is 0 Å². The SMILES string of the molecule is CN(C(=O)c1cccc2c1NC(c1ccc(Br)cc1)C1CC=CC21)C1CCCCC1. The van der Waals surface area contributed by atoms with E-state index in [1.807, 2.05) is 18.0 Å². The van der Waals surface area contributed by atoms with Gasteiger partial charge in [-0.3, -0.25) is 4.79 Å². The summed E-state index contributed by atoms with van der Waals surface area (Å²) in [6.45, 7) is 0. The Morgan fingerprint density at radius 2 is 1.83 bits per heavy atom. The van der Waals surface area contributed by atoms with E-state index in [1.165, 1.54) is 30.4 Å². The van der Waals surface area contributed by atoms with Crippen LogP contribution in [-0.2, 0) is 0 Å². The van der Waals surface area contributed by atoms with E-state index < -0.39 is 0 Å². The second kappa shape index (κ2) is 8.22. The van der Waals surface area contributed by atoms with Gasteiger partial charge in [-0.25, -0.2) is 0 Å². The number of hydrogen-bond acceptors (Lipinski definition) is 2. The van der Waals surface area contributed by atoms with E-state index in [1.54, 1.807) is 0 Å². The summed E-state index contributed by atoms with van der Waals surface area (Å²) >= 11 is 3.55. The van der Waals surface area contributed by atoms with Gasteiger partial charge in [0.05, 0.1) is 17.3 Å². The van der Waals surface area contributed by atoms with Gasteiger partial charge in [0.25, 0.3) is 5.91 Å². The van der Waals surface area contributed by atoms with Crippen LogP contribution in [0.25, 0.3) is 0 Å². The lowest BCUT2D eigenvalue weighted by Gasteiger charge is -2.39. The summed E-state index contributed by atoms with van der Waals surface area (Å²) in [5, 5.41) is 3.81. The van der Waals surface area contributed by atoms with Crippen molar-refractivity contribution in [2.24, 2.45) is 5.92 Å². The predicted octanol–water partition coefficient (Wildman–Crippen LogP) is 6.68. The molecule has 1 fully saturated rings. The second-order valence-corrected chi connectivity index (χ2v) is 9.92. The van der Waals surface area contributed by atoms with Crippen LogP contribution in [0.5, 0.6) is 0 Å². The van der Waals surface area contributed by atoms with Crippen LogP contribution in [0.15, 0.2) is 59.1 Å². The first-order valence-electron chi connectivity index (χ1n) is 11.2. The van der Waals surface area contributed by atoms with Crippen molar-refractivity contribution < 1.29 is 4.79 Å². The molecule has 3 unspecified atom stereocenters. The normalized spacial score (nSPS) is 25.3. The molecule has 0 bridgehead atoms. The zero-order valence-electron chi connectivity index (χ0n) is 17.5. The number of benzene rings is 2. The fourth-order valence-electron chi connectivity index (χ4n) is 5.62. The fraction of sp³-hybridized carbons (Fsp3) is 0.423. The van der Waals surface area contributed by atoms with Gasteiger partial charge in [0.1, 0.15) is 0 Å². The molecular weight excluding hydrogens is 436 g/mol. The van der Waals surface area contributed by atoms with Crippen molar-refractivity contribution in [3.05, 3.63) is 75.8 Å². The van der Waals surface area contributed by atoms with E-state index in [2.05, 4.69) is 69.8 Å². The van der Waals surface area contributed by atoms with Gasteiger partial charge < -0.3 is 10.2 Å². The summed E-state index contributed by atoms with van der Waals surface area (Å²) in [5.41, 5.74) is 4.41. The van der Waals surface area contributed by atoms with Crippen LogP contribution in [0.2, 0.25) is 0 Å². The molecule has 3 atom stereocenters. The minimum atomic E-state index is 0.154. The van der Waals surface area contributed by atoms with Gasteiger partial charge in [-0.1, -0.05) is 71.6 Å². The first kappa shape index (κ1) is 19.9. The van der Waals surface area contributed by atoms with Crippen molar-refractivity contribution in [2.75, 3.05) is 12.4 Å². The molecule has 30 heavy (non-hydrogen) atoms. The number of carbonyl (C=O) groups excluding carboxylic acids is 1. The summed E-state index contributed by atoms with van der Waals surface area (Å²) in [6.07, 6.45) is 11.7. The van der Waals surface area contributed by atoms with E-state index in [0.717, 1.165) is 35.0 Å². The van der Waals surface area contributed by atoms with Gasteiger partial charge >= 0.3 is 0 Å². The average molecular weight is 465 g/mol. The molecule has 1 saturated carbocycles. The van der Waals surface area contributed by atoms with Gasteiger partial charge in [-0.05, 0) is 54.5 Å². The summed E-state index contributed by atoms with van der Waals surface area (Å²) in [5.74, 6) is 1.00. The molecule has 2 aliphatic carbocycles. The molecule has 0 spiro atoms. The minimum Gasteiger partial charge on any atom is -0.377 e. The molecule has 1 heterocycles. The molecular formula is C26H29BrN2O. The van der Waals surface area contributed by atoms with Crippen LogP contribution >= 0.6 is 15.9 Å². The highest BCUT2D eigenvalue weighted by Crippen LogP contribution is 2.50. The quantitative estimate of drug-likeness (QED) is 0.513. The highest BCUT2D eigenvalue weighted by Gasteiger charge is 2.39. The predicted molar refractivity (Wildman–Crippen MR) is 126 cm³/mol. The first-order valence-corrected chi connectivity index (χ1v) is 12.0. The van der Waals surface area contributed by atoms with Crippen LogP contribution in [0, 0.1) is 5.92 Å². The Kier molecular flexibility index (Phi) is 5.44. The Bertz CT molecular complexity index is 961. The summed E-state index contributed by atoms with van der Waals surface area (Å²) in [7, 11) is 1.99. The molecule has 3 aliphatic rings. The zero-order chi connectivity index (χ0) is 20.7. The van der Waals surface area contributed by atoms with Crippen LogP contribution in [-0.4, -0.2) is 23.9 Å². The van der Waals surface area contributed by atoms with E-state index in [9.17, 15) is 4.79 Å². The topological polar surface area (TPSA) is 32.3 Å². The number of para-hydroxylation sites is 1. The molecule has 1 aliphatic heterocycles. The summed E-state index contributed by atoms with van der Waals surface area (Å²) in [6, 6.07) is 15.4. The van der Waals surface area contributed by atoms with Crippen LogP contribution in [0.3, 0.4) is 0 Å². The standard InChI is InChI=1S/C26H29BrN2O/c1-29(19-7-3-2-4-8-19)26(30)23-12-6-11-22-20-9-5-10-21(20)24(28-25(22)23)17-13-15-18(27)16-14-17/h5-6,9,11-16,19-21,24,28H,2-4,7-8,10H2,1H3. The monoisotopic (exact) mass is 464 g/mol. The lowest BCUT2D eigenvalue weighted by atomic mass is 9.76. The average Bonchev–Trinajstić information content (AvgIpc) is 3.29. The number of nitrogens with one attached hydrogen (secondary N) is 1. The maximum absolute atomic E-state index is 13.6. The van der Waals surface area contributed by atoms with E-state index >= 15 is 0 Å². The number of carbonyl (C=O) groups is 1. The zero-order valence-corrected chi connectivity index (χ0v) is 19.1. The lowest BCUT2D eigenvalue weighted by molar-refractivity contribution is 0.0697. The largest absolute Gasteiger partial charge is 0.377 e. The van der Waals surface area contributed by atoms with E-state index in [-0.39, 0.29) is 11.9 Å². The number of rotatable bonds is 3. The van der Waals surface area contributed by atoms with Crippen molar-refractivity contribution in [1.29, 1.82) is 0 Å². The second-order valence-electron chi connectivity index (χ2n) is 9.00. The first-order chi connectivity index (χ1) is 14.6. The smallest absolute Gasteiger partial charge is 0.255 e. The number of nitrogens with zero attached hydrogens (tertiary/aromatic N) is 1. The van der Waals surface area contributed by atoms with Gasteiger partial charge in [0.2, 0.25) is 0 Å². The summed E-state index contributed by atoms with van der Waals surface area (Å²) in [4.78, 5) is 15.6. The van der Waals surface area contributed by atoms with Crippen molar-refractivity contribution in [3.63, 3.8) is 0 Å². The molecule has 156 valence electrons. The minimum absolute atomic E-state index is 0.154. The molecule has 1 amide bonds. The molecule has 1 N–H and O–H groups in total. The molecule has 2 aromatic rings. The van der Waals surface area contributed by atoms with Crippen LogP contribution in [0.1, 0.15) is 72.0 Å². The lowest BCUT2D eigenvalue weighted by Crippen LogP contribution is -2.39. The van der Waals surface area contributed by atoms with Gasteiger partial charge in [0, 0.05) is 23.5 Å². The Balaban J connectivity index is 1.51. The fourth-order valence-corrected chi connectivity index (χ4v) is 5.89. The third-order valence-corrected chi connectivity index (χ3v) is 7.83. The summed E-state index contributed by atoms with van der Waals surface area (Å²) < 4.78 is 1.09. The molecule has 2 aromatic carbocycles. The maximum Gasteiger partial charge on any atom is 0.255 e. The maximum atomic E-state index is 13.6. The van der Waals surface area contributed by atoms with Crippen molar-refractivity contribution >= 4 is 27.5 Å². The number of allylic oxidation sites excluding steroid dienone is 2. The number of halogens is 1. The molecule has 5 rings (SSSR count). The Morgan fingerprint density at radius 3 is 2.60 bits per heavy atom. The highest BCUT2D eigenvalue weighted by molar-refractivity contribution is 9.10. The third kappa shape index (κ3) is 3.49. The number of anilines is 1. The molecule has 0 radical (unpaired) electrons.